The molecule has 150 valence electrons. The van der Waals surface area contributed by atoms with Crippen molar-refractivity contribution in [2.75, 3.05) is 4.72 Å². The van der Waals surface area contributed by atoms with E-state index in [0.29, 0.717) is 16.0 Å². The molecule has 4 aromatic rings. The van der Waals surface area contributed by atoms with Gasteiger partial charge in [0.1, 0.15) is 22.8 Å². The molecule has 0 radical (unpaired) electrons. The van der Waals surface area contributed by atoms with Gasteiger partial charge in [-0.05, 0) is 60.5 Å². The quantitative estimate of drug-likeness (QED) is 0.259. The number of carboxylic acid groups (broad SMARTS) is 1. The number of carboxylic acids is 1. The van der Waals surface area contributed by atoms with Gasteiger partial charge in [-0.3, -0.25) is 0 Å². The highest BCUT2D eigenvalue weighted by Crippen LogP contribution is 2.37. The van der Waals surface area contributed by atoms with Gasteiger partial charge in [-0.15, -0.1) is 0 Å². The summed E-state index contributed by atoms with van der Waals surface area (Å²) in [5.41, 5.74) is 0.700. The number of hydrogen-bond acceptors (Lipinski definition) is 5. The van der Waals surface area contributed by atoms with Crippen molar-refractivity contribution < 1.29 is 19.7 Å². The van der Waals surface area contributed by atoms with Crippen LogP contribution in [-0.4, -0.2) is 16.2 Å². The fourth-order valence-corrected chi connectivity index (χ4v) is 4.15. The zero-order valence-corrected chi connectivity index (χ0v) is 17.9. The molecule has 5 nitrogen and oxygen atoms in total. The maximum atomic E-state index is 11.5. The van der Waals surface area contributed by atoms with E-state index in [1.165, 1.54) is 18.0 Å². The number of fused-ring (bicyclic) bond motifs is 1. The number of halogens is 1. The first-order valence-corrected chi connectivity index (χ1v) is 10.6. The van der Waals surface area contributed by atoms with Crippen LogP contribution in [0.3, 0.4) is 0 Å². The van der Waals surface area contributed by atoms with E-state index in [4.69, 9.17) is 4.74 Å². The van der Waals surface area contributed by atoms with Crippen LogP contribution in [0.15, 0.2) is 88.2 Å². The normalized spacial score (nSPS) is 10.7. The SMILES string of the molecule is O=C(O)c1cc(SNc2ccc(Oc3cccc(Br)c3)cc2)c2ccccc2c1O. The number of aromatic hydroxyl groups is 1. The van der Waals surface area contributed by atoms with E-state index in [-0.39, 0.29) is 11.3 Å². The predicted octanol–water partition coefficient (Wildman–Crippen LogP) is 6.92. The highest BCUT2D eigenvalue weighted by molar-refractivity contribution is 9.10. The summed E-state index contributed by atoms with van der Waals surface area (Å²) in [4.78, 5) is 12.2. The molecule has 7 heteroatoms. The molecule has 0 amide bonds. The summed E-state index contributed by atoms with van der Waals surface area (Å²) >= 11 is 4.70. The third-order valence-corrected chi connectivity index (χ3v) is 5.76. The number of phenols is 1. The van der Waals surface area contributed by atoms with Crippen LogP contribution in [0.5, 0.6) is 17.2 Å². The van der Waals surface area contributed by atoms with Crippen LogP contribution in [0.25, 0.3) is 10.8 Å². The Morgan fingerprint density at radius 1 is 0.900 bits per heavy atom. The monoisotopic (exact) mass is 481 g/mol. The predicted molar refractivity (Wildman–Crippen MR) is 123 cm³/mol. The minimum absolute atomic E-state index is 0.129. The molecule has 0 unspecified atom stereocenters. The van der Waals surface area contributed by atoms with Crippen molar-refractivity contribution in [3.05, 3.63) is 88.9 Å². The zero-order valence-electron chi connectivity index (χ0n) is 15.5. The van der Waals surface area contributed by atoms with Gasteiger partial charge in [0.2, 0.25) is 0 Å². The molecule has 0 saturated heterocycles. The average molecular weight is 482 g/mol. The number of hydrogen-bond donors (Lipinski definition) is 3. The highest BCUT2D eigenvalue weighted by atomic mass is 79.9. The Hall–Kier alpha value is -3.16. The van der Waals surface area contributed by atoms with Crippen LogP contribution in [0.1, 0.15) is 10.4 Å². The molecule has 0 heterocycles. The molecular weight excluding hydrogens is 466 g/mol. The Morgan fingerprint density at radius 3 is 2.33 bits per heavy atom. The average Bonchev–Trinajstić information content (AvgIpc) is 2.74. The number of anilines is 1. The molecule has 3 N–H and O–H groups in total. The van der Waals surface area contributed by atoms with Gasteiger partial charge in [-0.2, -0.15) is 0 Å². The van der Waals surface area contributed by atoms with Crippen molar-refractivity contribution in [1.82, 2.24) is 0 Å². The first kappa shape index (κ1) is 20.1. The fourth-order valence-electron chi connectivity index (χ4n) is 2.95. The maximum Gasteiger partial charge on any atom is 0.339 e. The second-order valence-corrected chi connectivity index (χ2v) is 8.17. The first-order chi connectivity index (χ1) is 14.5. The van der Waals surface area contributed by atoms with Crippen molar-refractivity contribution in [2.45, 2.75) is 4.90 Å². The number of rotatable bonds is 6. The lowest BCUT2D eigenvalue weighted by Gasteiger charge is -2.12. The van der Waals surface area contributed by atoms with Crippen molar-refractivity contribution >= 4 is 50.3 Å². The molecule has 0 aromatic heterocycles. The number of ether oxygens (including phenoxy) is 1. The summed E-state index contributed by atoms with van der Waals surface area (Å²) in [7, 11) is 0. The van der Waals surface area contributed by atoms with Gasteiger partial charge < -0.3 is 19.7 Å². The van der Waals surface area contributed by atoms with E-state index in [1.54, 1.807) is 12.1 Å². The summed E-state index contributed by atoms with van der Waals surface area (Å²) in [5, 5.41) is 20.9. The van der Waals surface area contributed by atoms with E-state index in [9.17, 15) is 15.0 Å². The number of carbonyl (C=O) groups is 1. The van der Waals surface area contributed by atoms with Crippen LogP contribution in [0, 0.1) is 0 Å². The van der Waals surface area contributed by atoms with Crippen LogP contribution < -0.4 is 9.46 Å². The molecule has 0 fully saturated rings. The lowest BCUT2D eigenvalue weighted by molar-refractivity contribution is 0.0693. The Morgan fingerprint density at radius 2 is 1.63 bits per heavy atom. The molecule has 0 aliphatic carbocycles. The molecule has 4 aromatic carbocycles. The maximum absolute atomic E-state index is 11.5. The molecule has 0 atom stereocenters. The molecule has 30 heavy (non-hydrogen) atoms. The van der Waals surface area contributed by atoms with Crippen LogP contribution >= 0.6 is 27.9 Å². The first-order valence-electron chi connectivity index (χ1n) is 8.95. The summed E-state index contributed by atoms with van der Waals surface area (Å²) in [5.74, 6) is 0.0359. The minimum Gasteiger partial charge on any atom is -0.506 e. The van der Waals surface area contributed by atoms with Crippen molar-refractivity contribution in [1.29, 1.82) is 0 Å². The van der Waals surface area contributed by atoms with Crippen molar-refractivity contribution in [2.24, 2.45) is 0 Å². The molecule has 0 bridgehead atoms. The lowest BCUT2D eigenvalue weighted by Crippen LogP contribution is -1.99. The summed E-state index contributed by atoms with van der Waals surface area (Å²) in [6.45, 7) is 0. The van der Waals surface area contributed by atoms with Gasteiger partial charge in [-0.25, -0.2) is 4.79 Å². The van der Waals surface area contributed by atoms with Gasteiger partial charge >= 0.3 is 5.97 Å². The van der Waals surface area contributed by atoms with Gasteiger partial charge in [0.15, 0.2) is 0 Å². The van der Waals surface area contributed by atoms with E-state index in [1.807, 2.05) is 60.7 Å². The smallest absolute Gasteiger partial charge is 0.339 e. The second kappa shape index (κ2) is 8.69. The lowest BCUT2D eigenvalue weighted by atomic mass is 10.1. The number of benzene rings is 4. The molecular formula is C23H16BrNO4S. The van der Waals surface area contributed by atoms with E-state index in [2.05, 4.69) is 20.7 Å². The largest absolute Gasteiger partial charge is 0.506 e. The Balaban J connectivity index is 1.53. The Labute approximate surface area is 185 Å². The summed E-state index contributed by atoms with van der Waals surface area (Å²) in [6.07, 6.45) is 0. The van der Waals surface area contributed by atoms with E-state index in [0.717, 1.165) is 21.3 Å². The van der Waals surface area contributed by atoms with Gasteiger partial charge in [0.05, 0.1) is 0 Å². The van der Waals surface area contributed by atoms with Crippen molar-refractivity contribution in [3.63, 3.8) is 0 Å². The van der Waals surface area contributed by atoms with Gasteiger partial charge in [0.25, 0.3) is 0 Å². The van der Waals surface area contributed by atoms with Crippen LogP contribution in [-0.2, 0) is 0 Å². The number of nitrogens with one attached hydrogen (secondary N) is 1. The minimum atomic E-state index is -1.17. The summed E-state index contributed by atoms with van der Waals surface area (Å²) < 4.78 is 9.99. The highest BCUT2D eigenvalue weighted by Gasteiger charge is 2.16. The van der Waals surface area contributed by atoms with E-state index < -0.39 is 5.97 Å². The molecule has 0 spiro atoms. The van der Waals surface area contributed by atoms with Gasteiger partial charge in [-0.1, -0.05) is 46.3 Å². The molecule has 0 aliphatic heterocycles. The summed E-state index contributed by atoms with van der Waals surface area (Å²) in [6, 6.07) is 23.7. The molecule has 0 aliphatic rings. The zero-order chi connectivity index (χ0) is 21.1. The fraction of sp³-hybridized carbons (Fsp3) is 0. The number of aromatic carboxylic acids is 1. The Kier molecular flexibility index (Phi) is 5.83. The molecule has 0 saturated carbocycles. The standard InChI is InChI=1S/C23H16BrNO4S/c24-14-4-3-5-17(12-14)29-16-10-8-15(9-11-16)25-30-21-13-20(23(27)28)22(26)19-7-2-1-6-18(19)21/h1-13,25-26H,(H,27,28). The Bertz CT molecular complexity index is 1230. The topological polar surface area (TPSA) is 78.8 Å². The van der Waals surface area contributed by atoms with Crippen molar-refractivity contribution in [3.8, 4) is 17.2 Å². The van der Waals surface area contributed by atoms with Crippen LogP contribution in [0.2, 0.25) is 0 Å². The second-order valence-electron chi connectivity index (χ2n) is 6.41. The third-order valence-electron chi connectivity index (χ3n) is 4.37. The molecule has 4 rings (SSSR count). The van der Waals surface area contributed by atoms with Gasteiger partial charge in [0, 0.05) is 25.8 Å². The third kappa shape index (κ3) is 4.37. The van der Waals surface area contributed by atoms with Crippen LogP contribution in [0.4, 0.5) is 5.69 Å². The van der Waals surface area contributed by atoms with E-state index >= 15 is 0 Å².